The summed E-state index contributed by atoms with van der Waals surface area (Å²) in [5, 5.41) is 2.39. The van der Waals surface area contributed by atoms with Gasteiger partial charge in [0.25, 0.3) is 0 Å². The SMILES string of the molecule is Fc1cc(F)cc(C[C]=S)c1. The predicted molar refractivity (Wildman–Crippen MR) is 42.7 cm³/mol. The fourth-order valence-corrected chi connectivity index (χ4v) is 0.963. The lowest BCUT2D eigenvalue weighted by molar-refractivity contribution is 0.581. The topological polar surface area (TPSA) is 0 Å². The Labute approximate surface area is 68.9 Å². The second-order valence-corrected chi connectivity index (χ2v) is 2.39. The molecule has 0 atom stereocenters. The Morgan fingerprint density at radius 3 is 2.18 bits per heavy atom. The maximum atomic E-state index is 12.4. The van der Waals surface area contributed by atoms with Gasteiger partial charge >= 0.3 is 0 Å². The fraction of sp³-hybridized carbons (Fsp3) is 0.125. The second-order valence-electron chi connectivity index (χ2n) is 2.10. The highest BCUT2D eigenvalue weighted by Gasteiger charge is 1.98. The maximum absolute atomic E-state index is 12.4. The molecule has 0 saturated carbocycles. The molecule has 0 saturated heterocycles. The van der Waals surface area contributed by atoms with Crippen LogP contribution in [0.5, 0.6) is 0 Å². The molecule has 0 heterocycles. The molecule has 0 unspecified atom stereocenters. The zero-order valence-electron chi connectivity index (χ0n) is 5.60. The predicted octanol–water partition coefficient (Wildman–Crippen LogP) is 2.38. The van der Waals surface area contributed by atoms with Crippen LogP contribution in [0.15, 0.2) is 18.2 Å². The van der Waals surface area contributed by atoms with Crippen molar-refractivity contribution < 1.29 is 8.78 Å². The van der Waals surface area contributed by atoms with Crippen LogP contribution in [0.25, 0.3) is 0 Å². The lowest BCUT2D eigenvalue weighted by atomic mass is 10.2. The molecule has 0 spiro atoms. The van der Waals surface area contributed by atoms with E-state index in [1.165, 1.54) is 12.1 Å². The molecule has 0 bridgehead atoms. The van der Waals surface area contributed by atoms with E-state index in [1.54, 1.807) is 0 Å². The lowest BCUT2D eigenvalue weighted by Crippen LogP contribution is -1.88. The summed E-state index contributed by atoms with van der Waals surface area (Å²) in [5.41, 5.74) is 0.512. The van der Waals surface area contributed by atoms with Crippen LogP contribution in [0.4, 0.5) is 8.78 Å². The maximum Gasteiger partial charge on any atom is 0.126 e. The highest BCUT2D eigenvalue weighted by Crippen LogP contribution is 2.07. The second kappa shape index (κ2) is 3.53. The van der Waals surface area contributed by atoms with E-state index in [2.05, 4.69) is 17.6 Å². The van der Waals surface area contributed by atoms with Crippen LogP contribution in [-0.2, 0) is 6.42 Å². The minimum absolute atomic E-state index is 0.296. The van der Waals surface area contributed by atoms with E-state index in [9.17, 15) is 8.78 Å². The van der Waals surface area contributed by atoms with Crippen molar-refractivity contribution in [2.75, 3.05) is 0 Å². The zero-order valence-corrected chi connectivity index (χ0v) is 6.42. The van der Waals surface area contributed by atoms with Crippen LogP contribution in [0, 0.1) is 11.6 Å². The van der Waals surface area contributed by atoms with Crippen LogP contribution in [0.2, 0.25) is 0 Å². The molecule has 0 N–H and O–H groups in total. The molecular weight excluding hydrogens is 166 g/mol. The van der Waals surface area contributed by atoms with Crippen LogP contribution in [0.3, 0.4) is 0 Å². The molecule has 0 fully saturated rings. The Morgan fingerprint density at radius 1 is 1.18 bits per heavy atom. The van der Waals surface area contributed by atoms with Gasteiger partial charge in [-0.1, -0.05) is 12.2 Å². The summed E-state index contributed by atoms with van der Waals surface area (Å²) >= 11 is 4.43. The van der Waals surface area contributed by atoms with E-state index < -0.39 is 11.6 Å². The summed E-state index contributed by atoms with van der Waals surface area (Å²) in [6, 6.07) is 3.30. The molecule has 0 amide bonds. The van der Waals surface area contributed by atoms with E-state index in [1.807, 2.05) is 0 Å². The molecule has 0 aliphatic heterocycles. The molecule has 3 heteroatoms. The van der Waals surface area contributed by atoms with Gasteiger partial charge in [0.2, 0.25) is 0 Å². The van der Waals surface area contributed by atoms with Gasteiger partial charge in [0, 0.05) is 17.9 Å². The summed E-state index contributed by atoms with van der Waals surface area (Å²) < 4.78 is 24.9. The normalized spacial score (nSPS) is 9.64. The number of halogens is 2. The molecule has 0 aliphatic rings. The van der Waals surface area contributed by atoms with Gasteiger partial charge in [-0.15, -0.1) is 0 Å². The molecule has 11 heavy (non-hydrogen) atoms. The smallest absolute Gasteiger partial charge is 0.126 e. The Hall–Kier alpha value is -0.830. The van der Waals surface area contributed by atoms with Gasteiger partial charge in [-0.25, -0.2) is 8.78 Å². The van der Waals surface area contributed by atoms with Crippen molar-refractivity contribution in [1.29, 1.82) is 0 Å². The lowest BCUT2D eigenvalue weighted by Gasteiger charge is -1.95. The first-order chi connectivity index (χ1) is 5.22. The monoisotopic (exact) mass is 171 g/mol. The fourth-order valence-electron chi connectivity index (χ4n) is 0.796. The third-order valence-corrected chi connectivity index (χ3v) is 1.34. The van der Waals surface area contributed by atoms with Gasteiger partial charge in [-0.05, 0) is 17.7 Å². The van der Waals surface area contributed by atoms with Crippen molar-refractivity contribution >= 4 is 17.6 Å². The van der Waals surface area contributed by atoms with Crippen LogP contribution in [-0.4, -0.2) is 5.37 Å². The van der Waals surface area contributed by atoms with Crippen molar-refractivity contribution in [2.45, 2.75) is 6.42 Å². The number of hydrogen-bond acceptors (Lipinski definition) is 1. The Kier molecular flexibility index (Phi) is 2.65. The third kappa shape index (κ3) is 2.35. The van der Waals surface area contributed by atoms with Gasteiger partial charge in [0.1, 0.15) is 11.6 Å². The summed E-state index contributed by atoms with van der Waals surface area (Å²) in [4.78, 5) is 0. The molecule has 0 aliphatic carbocycles. The summed E-state index contributed by atoms with van der Waals surface area (Å²) in [7, 11) is 0. The average Bonchev–Trinajstić information content (AvgIpc) is 1.85. The summed E-state index contributed by atoms with van der Waals surface area (Å²) in [6.07, 6.45) is 0.296. The Morgan fingerprint density at radius 2 is 1.73 bits per heavy atom. The first-order valence-electron chi connectivity index (χ1n) is 3.02. The van der Waals surface area contributed by atoms with Crippen molar-refractivity contribution in [3.63, 3.8) is 0 Å². The molecule has 0 nitrogen and oxygen atoms in total. The molecule has 1 aromatic rings. The van der Waals surface area contributed by atoms with Gasteiger partial charge in [-0.3, -0.25) is 0 Å². The first kappa shape index (κ1) is 8.27. The van der Waals surface area contributed by atoms with E-state index in [0.717, 1.165) is 6.07 Å². The first-order valence-corrected chi connectivity index (χ1v) is 3.43. The minimum Gasteiger partial charge on any atom is -0.207 e. The van der Waals surface area contributed by atoms with Crippen molar-refractivity contribution in [2.24, 2.45) is 0 Å². The van der Waals surface area contributed by atoms with Crippen LogP contribution < -0.4 is 0 Å². The average molecular weight is 171 g/mol. The van der Waals surface area contributed by atoms with Gasteiger partial charge < -0.3 is 0 Å². The Bertz CT molecular complexity index is 251. The molecule has 1 aromatic carbocycles. The highest BCUT2D eigenvalue weighted by molar-refractivity contribution is 7.78. The van der Waals surface area contributed by atoms with Crippen molar-refractivity contribution in [1.82, 2.24) is 0 Å². The molecule has 57 valence electrons. The third-order valence-electron chi connectivity index (χ3n) is 1.20. The molecule has 1 rings (SSSR count). The molecule has 1 radical (unpaired) electrons. The van der Waals surface area contributed by atoms with Gasteiger partial charge in [0.15, 0.2) is 0 Å². The van der Waals surface area contributed by atoms with E-state index in [0.29, 0.717) is 12.0 Å². The van der Waals surface area contributed by atoms with E-state index in [-0.39, 0.29) is 0 Å². The standard InChI is InChI=1S/C8H5F2S/c9-7-3-6(1-2-11)4-8(10)5-7/h3-5H,1H2. The minimum atomic E-state index is -0.578. The highest BCUT2D eigenvalue weighted by atomic mass is 32.1. The van der Waals surface area contributed by atoms with Crippen molar-refractivity contribution in [3.8, 4) is 0 Å². The van der Waals surface area contributed by atoms with Gasteiger partial charge in [0.05, 0.1) is 0 Å². The summed E-state index contributed by atoms with van der Waals surface area (Å²) in [5.74, 6) is -1.16. The van der Waals surface area contributed by atoms with Crippen LogP contribution in [0.1, 0.15) is 5.56 Å². The molecule has 0 aromatic heterocycles. The van der Waals surface area contributed by atoms with Crippen molar-refractivity contribution in [3.05, 3.63) is 35.4 Å². The summed E-state index contributed by atoms with van der Waals surface area (Å²) in [6.45, 7) is 0. The van der Waals surface area contributed by atoms with Gasteiger partial charge in [-0.2, -0.15) is 0 Å². The quantitative estimate of drug-likeness (QED) is 0.615. The van der Waals surface area contributed by atoms with E-state index in [4.69, 9.17) is 0 Å². The van der Waals surface area contributed by atoms with E-state index >= 15 is 0 Å². The number of hydrogen-bond donors (Lipinski definition) is 0. The number of thiocarbonyl (C=S) groups is 1. The largest absolute Gasteiger partial charge is 0.207 e. The molecular formula is C8H5F2S. The Balaban J connectivity index is 2.98. The number of benzene rings is 1. The van der Waals surface area contributed by atoms with Crippen LogP contribution >= 0.6 is 12.2 Å². The zero-order chi connectivity index (χ0) is 8.27. The number of rotatable bonds is 2.